The summed E-state index contributed by atoms with van der Waals surface area (Å²) in [5, 5.41) is 14.0. The lowest BCUT2D eigenvalue weighted by Crippen LogP contribution is -2.52. The van der Waals surface area contributed by atoms with Gasteiger partial charge in [-0.2, -0.15) is 9.97 Å². The second kappa shape index (κ2) is 13.4. The van der Waals surface area contributed by atoms with Gasteiger partial charge < -0.3 is 35.8 Å². The summed E-state index contributed by atoms with van der Waals surface area (Å²) in [5.74, 6) is 3.02. The minimum Gasteiger partial charge on any atom is -0.494 e. The summed E-state index contributed by atoms with van der Waals surface area (Å²) in [6, 6.07) is 15.9. The zero-order valence-corrected chi connectivity index (χ0v) is 26.1. The van der Waals surface area contributed by atoms with Crippen LogP contribution in [-0.2, 0) is 13.0 Å². The van der Waals surface area contributed by atoms with Gasteiger partial charge in [0.1, 0.15) is 17.4 Å². The first-order chi connectivity index (χ1) is 21.0. The molecule has 0 saturated carbocycles. The maximum atomic E-state index is 5.86. The minimum atomic E-state index is 0.409. The van der Waals surface area contributed by atoms with Crippen molar-refractivity contribution in [3.63, 3.8) is 0 Å². The molecule has 3 aliphatic rings. The number of benzene rings is 2. The predicted octanol–water partition coefficient (Wildman–Crippen LogP) is 4.65. The number of rotatable bonds is 10. The number of piperidine rings is 1. The number of ether oxygens (including phenoxy) is 1. The molecule has 0 spiro atoms. The molecule has 4 N–H and O–H groups in total. The van der Waals surface area contributed by atoms with E-state index in [0.717, 1.165) is 66.9 Å². The second-order valence-corrected chi connectivity index (χ2v) is 12.3. The fourth-order valence-corrected chi connectivity index (χ4v) is 6.35. The van der Waals surface area contributed by atoms with Crippen molar-refractivity contribution >= 4 is 34.6 Å². The largest absolute Gasteiger partial charge is 0.494 e. The number of hydrogen-bond donors (Lipinski definition) is 4. The molecule has 3 aliphatic heterocycles. The predicted molar refractivity (Wildman–Crippen MR) is 177 cm³/mol. The van der Waals surface area contributed by atoms with E-state index in [1.54, 1.807) is 7.11 Å². The first-order valence-corrected chi connectivity index (χ1v) is 15.8. The van der Waals surface area contributed by atoms with Crippen LogP contribution in [0.5, 0.6) is 5.75 Å². The number of hydrogen-bond acceptors (Lipinski definition) is 10. The van der Waals surface area contributed by atoms with E-state index in [0.29, 0.717) is 18.0 Å². The highest BCUT2D eigenvalue weighted by Crippen LogP contribution is 2.36. The van der Waals surface area contributed by atoms with E-state index < -0.39 is 0 Å². The Morgan fingerprint density at radius 1 is 0.953 bits per heavy atom. The van der Waals surface area contributed by atoms with Gasteiger partial charge in [0.15, 0.2) is 0 Å². The third kappa shape index (κ3) is 6.98. The monoisotopic (exact) mass is 585 g/mol. The Balaban J connectivity index is 1.16. The summed E-state index contributed by atoms with van der Waals surface area (Å²) in [6.45, 7) is 12.8. The molecule has 0 aliphatic carbocycles. The summed E-state index contributed by atoms with van der Waals surface area (Å²) in [5.41, 5.74) is 5.41. The number of likely N-dealkylation sites (N-methyl/N-ethyl adjacent to an activating group) is 1. The van der Waals surface area contributed by atoms with Crippen LogP contribution < -0.4 is 30.9 Å². The molecule has 3 aromatic rings. The van der Waals surface area contributed by atoms with E-state index in [9.17, 15) is 0 Å². The van der Waals surface area contributed by atoms with Gasteiger partial charge in [0.05, 0.1) is 12.8 Å². The van der Waals surface area contributed by atoms with Crippen molar-refractivity contribution in [2.75, 3.05) is 80.8 Å². The molecule has 43 heavy (non-hydrogen) atoms. The lowest BCUT2D eigenvalue weighted by Gasteiger charge is -2.42. The van der Waals surface area contributed by atoms with E-state index in [-0.39, 0.29) is 0 Å². The van der Waals surface area contributed by atoms with Gasteiger partial charge in [0.25, 0.3) is 0 Å². The Hall–Kier alpha value is -3.60. The molecule has 10 heteroatoms. The van der Waals surface area contributed by atoms with Gasteiger partial charge in [-0.25, -0.2) is 0 Å². The smallest absolute Gasteiger partial charge is 0.231 e. The zero-order chi connectivity index (χ0) is 29.8. The number of para-hydroxylation sites is 1. The molecule has 0 atom stereocenters. The lowest BCUT2D eigenvalue weighted by atomic mass is 10.0. The van der Waals surface area contributed by atoms with E-state index in [1.807, 2.05) is 0 Å². The van der Waals surface area contributed by atoms with Crippen molar-refractivity contribution in [2.45, 2.75) is 51.7 Å². The maximum Gasteiger partial charge on any atom is 0.231 e. The van der Waals surface area contributed by atoms with Gasteiger partial charge in [-0.1, -0.05) is 32.0 Å². The van der Waals surface area contributed by atoms with E-state index in [4.69, 9.17) is 14.7 Å². The quantitative estimate of drug-likeness (QED) is 0.269. The Morgan fingerprint density at radius 2 is 1.74 bits per heavy atom. The van der Waals surface area contributed by atoms with Crippen molar-refractivity contribution in [1.82, 2.24) is 25.1 Å². The third-order valence-electron chi connectivity index (χ3n) is 8.96. The molecular formula is C33H47N9O. The Morgan fingerprint density at radius 3 is 2.51 bits per heavy atom. The number of nitrogens with one attached hydrogen (secondary N) is 4. The maximum absolute atomic E-state index is 5.86. The fraction of sp³-hybridized carbons (Fsp3) is 0.515. The molecule has 2 aromatic carbocycles. The van der Waals surface area contributed by atoms with E-state index in [1.165, 1.54) is 50.3 Å². The molecule has 0 amide bonds. The van der Waals surface area contributed by atoms with Crippen molar-refractivity contribution < 1.29 is 4.74 Å². The molecule has 1 aromatic heterocycles. The van der Waals surface area contributed by atoms with Crippen LogP contribution in [0.4, 0.5) is 34.6 Å². The van der Waals surface area contributed by atoms with Crippen LogP contribution in [0.25, 0.3) is 0 Å². The third-order valence-corrected chi connectivity index (χ3v) is 8.96. The number of methoxy groups -OCH3 is 1. The van der Waals surface area contributed by atoms with Crippen LogP contribution in [0, 0.1) is 0 Å². The standard InChI is InChI=1S/C33H47N9O/c1-23(2)35-22-24-7-5-6-8-28(24)36-32-27-11-14-34-31(27)38-33(39-32)37-29-10-9-26(21-30(29)43-4)41-15-12-25(13-16-41)42-19-17-40(3)18-20-42/h5-10,21,23,25,35H,11-20,22H2,1-4H3,(H3,34,36,37,38,39). The van der Waals surface area contributed by atoms with Crippen LogP contribution in [0.3, 0.4) is 0 Å². The molecule has 0 radical (unpaired) electrons. The zero-order valence-electron chi connectivity index (χ0n) is 26.1. The molecule has 4 heterocycles. The highest BCUT2D eigenvalue weighted by atomic mass is 16.5. The first-order valence-electron chi connectivity index (χ1n) is 15.8. The fourth-order valence-electron chi connectivity index (χ4n) is 6.35. The number of fused-ring (bicyclic) bond motifs is 1. The van der Waals surface area contributed by atoms with Crippen LogP contribution >= 0.6 is 0 Å². The summed E-state index contributed by atoms with van der Waals surface area (Å²) >= 11 is 0. The van der Waals surface area contributed by atoms with Crippen LogP contribution in [0.1, 0.15) is 37.8 Å². The highest BCUT2D eigenvalue weighted by molar-refractivity contribution is 5.73. The summed E-state index contributed by atoms with van der Waals surface area (Å²) < 4.78 is 5.86. The molecule has 230 valence electrons. The molecular weight excluding hydrogens is 538 g/mol. The average Bonchev–Trinajstić information content (AvgIpc) is 3.50. The number of aromatic nitrogens is 2. The molecule has 2 fully saturated rings. The number of nitrogens with zero attached hydrogens (tertiary/aromatic N) is 5. The van der Waals surface area contributed by atoms with Crippen LogP contribution in [0.15, 0.2) is 42.5 Å². The van der Waals surface area contributed by atoms with Crippen LogP contribution in [-0.4, -0.2) is 91.8 Å². The summed E-state index contributed by atoms with van der Waals surface area (Å²) in [4.78, 5) is 17.4. The molecule has 10 nitrogen and oxygen atoms in total. The van der Waals surface area contributed by atoms with Crippen molar-refractivity contribution in [3.8, 4) is 5.75 Å². The van der Waals surface area contributed by atoms with Crippen molar-refractivity contribution in [2.24, 2.45) is 0 Å². The van der Waals surface area contributed by atoms with Crippen molar-refractivity contribution in [1.29, 1.82) is 0 Å². The highest BCUT2D eigenvalue weighted by Gasteiger charge is 2.27. The van der Waals surface area contributed by atoms with Gasteiger partial charge in [-0.3, -0.25) is 4.90 Å². The average molecular weight is 586 g/mol. The van der Waals surface area contributed by atoms with E-state index >= 15 is 0 Å². The lowest BCUT2D eigenvalue weighted by molar-refractivity contribution is 0.0982. The molecule has 0 unspecified atom stereocenters. The Bertz CT molecular complexity index is 1380. The topological polar surface area (TPSA) is 92.9 Å². The van der Waals surface area contributed by atoms with Gasteiger partial charge in [-0.05, 0) is 50.1 Å². The molecule has 6 rings (SSSR count). The molecule has 2 saturated heterocycles. The van der Waals surface area contributed by atoms with E-state index in [2.05, 4.69) is 99.3 Å². The Labute approximate surface area is 256 Å². The molecule has 0 bridgehead atoms. The SMILES string of the molecule is COc1cc(N2CCC(N3CCN(C)CC3)CC2)ccc1Nc1nc2c(c(Nc3ccccc3CNC(C)C)n1)CCN2. The second-order valence-electron chi connectivity index (χ2n) is 12.3. The van der Waals surface area contributed by atoms with Gasteiger partial charge >= 0.3 is 0 Å². The minimum absolute atomic E-state index is 0.409. The van der Waals surface area contributed by atoms with Crippen LogP contribution in [0.2, 0.25) is 0 Å². The first kappa shape index (κ1) is 29.5. The van der Waals surface area contributed by atoms with Gasteiger partial charge in [0, 0.05) is 87.4 Å². The van der Waals surface area contributed by atoms with Gasteiger partial charge in [-0.15, -0.1) is 0 Å². The van der Waals surface area contributed by atoms with Crippen molar-refractivity contribution in [3.05, 3.63) is 53.6 Å². The number of anilines is 6. The summed E-state index contributed by atoms with van der Waals surface area (Å²) in [6.07, 6.45) is 3.29. The number of piperazine rings is 1. The Kier molecular flexibility index (Phi) is 9.16. The normalized spacial score (nSPS) is 18.0. The summed E-state index contributed by atoms with van der Waals surface area (Å²) in [7, 11) is 3.95. The van der Waals surface area contributed by atoms with Gasteiger partial charge in [0.2, 0.25) is 5.95 Å².